The van der Waals surface area contributed by atoms with Crippen molar-refractivity contribution < 1.29 is 19.1 Å². The van der Waals surface area contributed by atoms with Crippen LogP contribution in [0.5, 0.6) is 0 Å². The minimum atomic E-state index is -0.376. The summed E-state index contributed by atoms with van der Waals surface area (Å²) in [5.41, 5.74) is 0.945. The van der Waals surface area contributed by atoms with E-state index in [1.54, 1.807) is 4.90 Å². The van der Waals surface area contributed by atoms with Crippen LogP contribution in [0.2, 0.25) is 0 Å². The molecular formula is C16H21NO4. The lowest BCUT2D eigenvalue weighted by molar-refractivity contribution is -0.147. The Hall–Kier alpha value is -2.04. The van der Waals surface area contributed by atoms with Crippen LogP contribution in [0.25, 0.3) is 0 Å². The predicted octanol–water partition coefficient (Wildman–Crippen LogP) is 2.45. The van der Waals surface area contributed by atoms with Crippen molar-refractivity contribution >= 4 is 12.1 Å². The number of rotatable bonds is 3. The van der Waals surface area contributed by atoms with Gasteiger partial charge in [0, 0.05) is 13.1 Å². The molecule has 5 nitrogen and oxygen atoms in total. The molecule has 0 saturated carbocycles. The van der Waals surface area contributed by atoms with Crippen molar-refractivity contribution in [2.24, 2.45) is 11.8 Å². The topological polar surface area (TPSA) is 55.8 Å². The number of carbonyl (C=O) groups is 2. The number of ether oxygens (including phenoxy) is 2. The van der Waals surface area contributed by atoms with Gasteiger partial charge >= 0.3 is 12.1 Å². The van der Waals surface area contributed by atoms with E-state index in [4.69, 9.17) is 9.47 Å². The molecule has 114 valence electrons. The molecule has 1 heterocycles. The van der Waals surface area contributed by atoms with Gasteiger partial charge in [-0.05, 0) is 17.9 Å². The van der Waals surface area contributed by atoms with Gasteiger partial charge < -0.3 is 14.4 Å². The zero-order valence-corrected chi connectivity index (χ0v) is 12.5. The summed E-state index contributed by atoms with van der Waals surface area (Å²) in [6.07, 6.45) is 0.370. The van der Waals surface area contributed by atoms with E-state index in [9.17, 15) is 9.59 Å². The monoisotopic (exact) mass is 291 g/mol. The number of nitrogens with zero attached hydrogens (tertiary/aromatic N) is 1. The van der Waals surface area contributed by atoms with E-state index in [2.05, 4.69) is 0 Å². The molecule has 5 heteroatoms. The summed E-state index contributed by atoms with van der Waals surface area (Å²) >= 11 is 0. The van der Waals surface area contributed by atoms with Crippen LogP contribution in [0.15, 0.2) is 30.3 Å². The standard InChI is InChI=1S/C16H21NO4/c1-12-8-14(15(18)20-2)10-17(9-12)16(19)21-11-13-6-4-3-5-7-13/h3-7,12,14H,8-11H2,1-2H3/t12-,14+/m0/s1. The number of benzene rings is 1. The largest absolute Gasteiger partial charge is 0.469 e. The predicted molar refractivity (Wildman–Crippen MR) is 77.5 cm³/mol. The molecule has 2 rings (SSSR count). The molecule has 0 unspecified atom stereocenters. The van der Waals surface area contributed by atoms with Gasteiger partial charge in [0.2, 0.25) is 0 Å². The van der Waals surface area contributed by atoms with E-state index in [-0.39, 0.29) is 30.5 Å². The first-order chi connectivity index (χ1) is 10.1. The maximum atomic E-state index is 12.1. The highest BCUT2D eigenvalue weighted by Gasteiger charge is 2.33. The fraction of sp³-hybridized carbons (Fsp3) is 0.500. The Kier molecular flexibility index (Phi) is 5.20. The minimum absolute atomic E-state index is 0.243. The van der Waals surface area contributed by atoms with Crippen molar-refractivity contribution in [2.75, 3.05) is 20.2 Å². The molecule has 0 bridgehead atoms. The fourth-order valence-corrected chi connectivity index (χ4v) is 2.65. The molecule has 1 amide bonds. The highest BCUT2D eigenvalue weighted by Crippen LogP contribution is 2.23. The Bertz CT molecular complexity index is 488. The zero-order valence-electron chi connectivity index (χ0n) is 12.5. The Morgan fingerprint density at radius 1 is 1.24 bits per heavy atom. The first-order valence-electron chi connectivity index (χ1n) is 7.13. The second-order valence-corrected chi connectivity index (χ2v) is 5.51. The van der Waals surface area contributed by atoms with Crippen molar-refractivity contribution in [3.05, 3.63) is 35.9 Å². The van der Waals surface area contributed by atoms with Crippen LogP contribution in [-0.4, -0.2) is 37.2 Å². The molecule has 21 heavy (non-hydrogen) atoms. The molecule has 1 aromatic carbocycles. The molecule has 0 aromatic heterocycles. The summed E-state index contributed by atoms with van der Waals surface area (Å²) in [7, 11) is 1.37. The zero-order chi connectivity index (χ0) is 15.2. The Morgan fingerprint density at radius 3 is 2.62 bits per heavy atom. The van der Waals surface area contributed by atoms with Gasteiger partial charge in [0.1, 0.15) is 6.61 Å². The van der Waals surface area contributed by atoms with Crippen molar-refractivity contribution in [1.29, 1.82) is 0 Å². The lowest BCUT2D eigenvalue weighted by atomic mass is 9.91. The number of amides is 1. The van der Waals surface area contributed by atoms with Crippen LogP contribution in [0.4, 0.5) is 4.79 Å². The first kappa shape index (κ1) is 15.4. The summed E-state index contributed by atoms with van der Waals surface area (Å²) in [5.74, 6) is -0.266. The second kappa shape index (κ2) is 7.11. The summed E-state index contributed by atoms with van der Waals surface area (Å²) in [5, 5.41) is 0. The normalized spacial score (nSPS) is 21.7. The summed E-state index contributed by atoms with van der Waals surface area (Å²) < 4.78 is 10.1. The smallest absolute Gasteiger partial charge is 0.410 e. The number of hydrogen-bond acceptors (Lipinski definition) is 4. The Labute approximate surface area is 124 Å². The molecule has 0 aliphatic carbocycles. The number of hydrogen-bond donors (Lipinski definition) is 0. The maximum absolute atomic E-state index is 12.1. The van der Waals surface area contributed by atoms with Crippen LogP contribution < -0.4 is 0 Å². The van der Waals surface area contributed by atoms with Gasteiger partial charge in [0.05, 0.1) is 13.0 Å². The lowest BCUT2D eigenvalue weighted by Gasteiger charge is -2.34. The highest BCUT2D eigenvalue weighted by atomic mass is 16.6. The van der Waals surface area contributed by atoms with Gasteiger partial charge in [-0.15, -0.1) is 0 Å². The van der Waals surface area contributed by atoms with Crippen LogP contribution in [0.3, 0.4) is 0 Å². The average Bonchev–Trinajstić information content (AvgIpc) is 2.52. The SMILES string of the molecule is COC(=O)[C@@H]1C[C@H](C)CN(C(=O)OCc2ccccc2)C1. The van der Waals surface area contributed by atoms with E-state index in [1.165, 1.54) is 7.11 Å². The van der Waals surface area contributed by atoms with Crippen LogP contribution >= 0.6 is 0 Å². The third-order valence-electron chi connectivity index (χ3n) is 3.66. The second-order valence-electron chi connectivity index (χ2n) is 5.51. The summed E-state index contributed by atoms with van der Waals surface area (Å²) in [6.45, 7) is 3.24. The van der Waals surface area contributed by atoms with Gasteiger partial charge in [-0.25, -0.2) is 4.79 Å². The van der Waals surface area contributed by atoms with Gasteiger partial charge in [-0.1, -0.05) is 37.3 Å². The molecule has 1 saturated heterocycles. The molecule has 0 radical (unpaired) electrons. The Balaban J connectivity index is 1.90. The van der Waals surface area contributed by atoms with Crippen molar-refractivity contribution in [3.63, 3.8) is 0 Å². The van der Waals surface area contributed by atoms with Gasteiger partial charge in [-0.2, -0.15) is 0 Å². The third kappa shape index (κ3) is 4.21. The molecule has 1 aromatic rings. The van der Waals surface area contributed by atoms with E-state index in [0.717, 1.165) is 12.0 Å². The molecule has 1 aliphatic heterocycles. The van der Waals surface area contributed by atoms with E-state index < -0.39 is 0 Å². The van der Waals surface area contributed by atoms with E-state index >= 15 is 0 Å². The minimum Gasteiger partial charge on any atom is -0.469 e. The average molecular weight is 291 g/mol. The number of esters is 1. The Morgan fingerprint density at radius 2 is 1.95 bits per heavy atom. The van der Waals surface area contributed by atoms with Gasteiger partial charge in [0.25, 0.3) is 0 Å². The van der Waals surface area contributed by atoms with Crippen LogP contribution in [-0.2, 0) is 20.9 Å². The van der Waals surface area contributed by atoms with Crippen molar-refractivity contribution in [3.8, 4) is 0 Å². The number of likely N-dealkylation sites (tertiary alicyclic amines) is 1. The van der Waals surface area contributed by atoms with Crippen LogP contribution in [0, 0.1) is 11.8 Å². The first-order valence-corrected chi connectivity index (χ1v) is 7.13. The lowest BCUT2D eigenvalue weighted by Crippen LogP contribution is -2.46. The number of methoxy groups -OCH3 is 1. The van der Waals surface area contributed by atoms with E-state index in [1.807, 2.05) is 37.3 Å². The quantitative estimate of drug-likeness (QED) is 0.803. The van der Waals surface area contributed by atoms with Crippen LogP contribution in [0.1, 0.15) is 18.9 Å². The summed E-state index contributed by atoms with van der Waals surface area (Å²) in [4.78, 5) is 25.4. The van der Waals surface area contributed by atoms with Crippen molar-refractivity contribution in [2.45, 2.75) is 20.0 Å². The van der Waals surface area contributed by atoms with E-state index in [0.29, 0.717) is 13.1 Å². The third-order valence-corrected chi connectivity index (χ3v) is 3.66. The molecule has 0 N–H and O–H groups in total. The molecular weight excluding hydrogens is 270 g/mol. The number of carbonyl (C=O) groups excluding carboxylic acids is 2. The highest BCUT2D eigenvalue weighted by molar-refractivity contribution is 5.74. The molecule has 1 fully saturated rings. The van der Waals surface area contributed by atoms with Gasteiger partial charge in [0.15, 0.2) is 0 Å². The molecule has 1 aliphatic rings. The molecule has 2 atom stereocenters. The van der Waals surface area contributed by atoms with Gasteiger partial charge in [-0.3, -0.25) is 4.79 Å². The van der Waals surface area contributed by atoms with Crippen molar-refractivity contribution in [1.82, 2.24) is 4.90 Å². The fourth-order valence-electron chi connectivity index (χ4n) is 2.65. The number of piperidine rings is 1. The maximum Gasteiger partial charge on any atom is 0.410 e. The summed E-state index contributed by atoms with van der Waals surface area (Å²) in [6, 6.07) is 9.53. The molecule has 0 spiro atoms.